The van der Waals surface area contributed by atoms with Crippen molar-refractivity contribution in [3.8, 4) is 0 Å². The number of piperidine rings is 1. The number of aliphatic hydroxyl groups excluding tert-OH is 1. The molecule has 1 aromatic carbocycles. The van der Waals surface area contributed by atoms with Crippen molar-refractivity contribution < 1.29 is 18.3 Å². The number of alkyl halides is 3. The van der Waals surface area contributed by atoms with E-state index >= 15 is 0 Å². The molecule has 3 nitrogen and oxygen atoms in total. The van der Waals surface area contributed by atoms with Crippen LogP contribution in [0.5, 0.6) is 0 Å². The molecule has 0 bridgehead atoms. The van der Waals surface area contributed by atoms with Crippen LogP contribution in [-0.2, 0) is 0 Å². The first-order valence-corrected chi connectivity index (χ1v) is 6.89. The largest absolute Gasteiger partial charge is 0.416 e. The first kappa shape index (κ1) is 14.5. The van der Waals surface area contributed by atoms with Crippen molar-refractivity contribution in [1.82, 2.24) is 0 Å². The molecule has 21 heavy (non-hydrogen) atoms. The Balaban J connectivity index is 1.91. The zero-order valence-corrected chi connectivity index (χ0v) is 11.6. The van der Waals surface area contributed by atoms with Gasteiger partial charge in [0.05, 0.1) is 12.6 Å². The molecule has 1 saturated carbocycles. The van der Waals surface area contributed by atoms with Gasteiger partial charge in [0, 0.05) is 17.3 Å². The van der Waals surface area contributed by atoms with Crippen LogP contribution in [0.1, 0.15) is 6.42 Å². The molecule has 0 amide bonds. The van der Waals surface area contributed by atoms with Gasteiger partial charge in [-0.05, 0) is 30.4 Å². The first-order valence-electron chi connectivity index (χ1n) is 6.51. The molecule has 2 fully saturated rings. The van der Waals surface area contributed by atoms with Gasteiger partial charge in [-0.3, -0.25) is 0 Å². The molecule has 1 heterocycles. The van der Waals surface area contributed by atoms with Gasteiger partial charge < -0.3 is 10.0 Å². The molecule has 1 aromatic rings. The highest BCUT2D eigenvalue weighted by molar-refractivity contribution is 6.33. The molecule has 0 unspecified atom stereocenters. The Morgan fingerprint density at radius 3 is 2.71 bits per heavy atom. The second kappa shape index (κ2) is 4.79. The number of benzene rings is 1. The highest BCUT2D eigenvalue weighted by Crippen LogP contribution is 2.53. The molecular weight excluding hydrogens is 305 g/mol. The summed E-state index contributed by atoms with van der Waals surface area (Å²) in [6, 6.07) is 3.60. The molecule has 0 spiro atoms. The maximum Gasteiger partial charge on any atom is 0.416 e. The Hall–Kier alpha value is -1.45. The minimum absolute atomic E-state index is 0.124. The normalized spacial score (nSPS) is 29.0. The summed E-state index contributed by atoms with van der Waals surface area (Å²) < 4.78 is 38.5. The predicted octanol–water partition coefficient (Wildman–Crippen LogP) is 3.64. The Kier molecular flexibility index (Phi) is 3.30. The van der Waals surface area contributed by atoms with Crippen LogP contribution in [0.2, 0.25) is 5.02 Å². The van der Waals surface area contributed by atoms with E-state index in [4.69, 9.17) is 18.2 Å². The van der Waals surface area contributed by atoms with Crippen LogP contribution in [0, 0.1) is 18.4 Å². The van der Waals surface area contributed by atoms with E-state index in [0.717, 1.165) is 6.42 Å². The second-order valence-corrected chi connectivity index (χ2v) is 5.94. The van der Waals surface area contributed by atoms with Gasteiger partial charge in [-0.25, -0.2) is 4.85 Å². The quantitative estimate of drug-likeness (QED) is 0.844. The minimum Gasteiger partial charge on any atom is -0.382 e. The van der Waals surface area contributed by atoms with Crippen LogP contribution in [-0.4, -0.2) is 30.0 Å². The lowest BCUT2D eigenvalue weighted by Crippen LogP contribution is -2.49. The lowest BCUT2D eigenvalue weighted by molar-refractivity contribution is -0.210. The molecule has 112 valence electrons. The molecule has 1 aliphatic carbocycles. The summed E-state index contributed by atoms with van der Waals surface area (Å²) >= 11 is 5.95. The fourth-order valence-corrected chi connectivity index (χ4v) is 3.36. The van der Waals surface area contributed by atoms with E-state index in [1.807, 2.05) is 0 Å². The average Bonchev–Trinajstić information content (AvgIpc) is 3.08. The highest BCUT2D eigenvalue weighted by Gasteiger charge is 2.60. The molecule has 1 N–H and O–H groups in total. The number of fused-ring (bicyclic) bond motifs is 1. The highest BCUT2D eigenvalue weighted by atomic mass is 35.5. The van der Waals surface area contributed by atoms with Crippen LogP contribution >= 0.6 is 11.6 Å². The monoisotopic (exact) mass is 316 g/mol. The topological polar surface area (TPSA) is 27.8 Å². The maximum absolute atomic E-state index is 12.8. The number of anilines is 1. The van der Waals surface area contributed by atoms with Gasteiger partial charge in [-0.1, -0.05) is 17.7 Å². The van der Waals surface area contributed by atoms with Crippen LogP contribution in [0.3, 0.4) is 0 Å². The number of rotatable bonds is 2. The fraction of sp³-hybridized carbons (Fsp3) is 0.500. The van der Waals surface area contributed by atoms with Crippen molar-refractivity contribution in [3.63, 3.8) is 0 Å². The van der Waals surface area contributed by atoms with E-state index in [1.165, 1.54) is 12.1 Å². The lowest BCUT2D eigenvalue weighted by atomic mass is 10.0. The number of halogens is 4. The third kappa shape index (κ3) is 2.45. The van der Waals surface area contributed by atoms with Gasteiger partial charge in [0.25, 0.3) is 0 Å². The zero-order chi connectivity index (χ0) is 15.4. The van der Waals surface area contributed by atoms with Crippen LogP contribution in [0.25, 0.3) is 4.85 Å². The molecule has 4 atom stereocenters. The van der Waals surface area contributed by atoms with Crippen molar-refractivity contribution in [2.75, 3.05) is 11.4 Å². The molecule has 0 radical (unpaired) electrons. The number of hydrogen-bond donors (Lipinski definition) is 1. The number of hydrogen-bond acceptors (Lipinski definition) is 2. The van der Waals surface area contributed by atoms with Gasteiger partial charge >= 0.3 is 6.18 Å². The Morgan fingerprint density at radius 1 is 1.43 bits per heavy atom. The van der Waals surface area contributed by atoms with Gasteiger partial charge in [-0.2, -0.15) is 13.2 Å². The smallest absolute Gasteiger partial charge is 0.382 e. The van der Waals surface area contributed by atoms with Gasteiger partial charge in [0.1, 0.15) is 0 Å². The summed E-state index contributed by atoms with van der Waals surface area (Å²) in [7, 11) is 0. The second-order valence-electron chi connectivity index (χ2n) is 5.54. The van der Waals surface area contributed by atoms with Crippen molar-refractivity contribution in [2.24, 2.45) is 11.8 Å². The standard InChI is InChI=1S/C14H12ClF3N2O/c1-19-11-3-2-8(5-10(11)15)20-6-7-4-9(7)12(20)13(21)14(16,17)18/h2-3,5,7,9,12-13,21H,4,6H2/t7-,9-,12-,13+/m1/s1. The molecular formula is C14H12ClF3N2O. The third-order valence-electron chi connectivity index (χ3n) is 4.25. The summed E-state index contributed by atoms with van der Waals surface area (Å²) in [6.45, 7) is 7.41. The number of aliphatic hydroxyl groups is 1. The predicted molar refractivity (Wildman–Crippen MR) is 72.5 cm³/mol. The van der Waals surface area contributed by atoms with E-state index in [0.29, 0.717) is 12.2 Å². The Morgan fingerprint density at radius 2 is 2.14 bits per heavy atom. The van der Waals surface area contributed by atoms with E-state index in [-0.39, 0.29) is 22.5 Å². The SMILES string of the molecule is [C-]#[N+]c1ccc(N2C[C@H]3C[C@H]3[C@@H]2[C@H](O)C(F)(F)F)cc1Cl. The molecule has 0 aromatic heterocycles. The van der Waals surface area contributed by atoms with Gasteiger partial charge in [-0.15, -0.1) is 0 Å². The molecule has 3 rings (SSSR count). The molecule has 2 aliphatic rings. The summed E-state index contributed by atoms with van der Waals surface area (Å²) in [5.41, 5.74) is 0.783. The third-order valence-corrected chi connectivity index (χ3v) is 4.55. The zero-order valence-electron chi connectivity index (χ0n) is 10.8. The van der Waals surface area contributed by atoms with Crippen LogP contribution in [0.4, 0.5) is 24.5 Å². The molecule has 1 saturated heterocycles. The van der Waals surface area contributed by atoms with Crippen molar-refractivity contribution in [1.29, 1.82) is 0 Å². The van der Waals surface area contributed by atoms with Crippen LogP contribution < -0.4 is 4.90 Å². The van der Waals surface area contributed by atoms with Gasteiger partial charge in [0.15, 0.2) is 6.10 Å². The van der Waals surface area contributed by atoms with Crippen molar-refractivity contribution >= 4 is 23.0 Å². The maximum atomic E-state index is 12.8. The summed E-state index contributed by atoms with van der Waals surface area (Å²) in [6.07, 6.45) is -6.28. The summed E-state index contributed by atoms with van der Waals surface area (Å²) in [5, 5.41) is 9.85. The van der Waals surface area contributed by atoms with Crippen LogP contribution in [0.15, 0.2) is 18.2 Å². The van der Waals surface area contributed by atoms with Crippen molar-refractivity contribution in [2.45, 2.75) is 24.7 Å². The fourth-order valence-electron chi connectivity index (χ4n) is 3.15. The Labute approximate surface area is 124 Å². The first-order chi connectivity index (χ1) is 9.82. The van der Waals surface area contributed by atoms with Crippen molar-refractivity contribution in [3.05, 3.63) is 34.6 Å². The van der Waals surface area contributed by atoms with Gasteiger partial charge in [0.2, 0.25) is 5.69 Å². The number of nitrogens with zero attached hydrogens (tertiary/aromatic N) is 2. The lowest BCUT2D eigenvalue weighted by Gasteiger charge is -2.34. The van der Waals surface area contributed by atoms with E-state index < -0.39 is 18.3 Å². The molecule has 7 heteroatoms. The van der Waals surface area contributed by atoms with E-state index in [9.17, 15) is 18.3 Å². The average molecular weight is 317 g/mol. The Bertz CT molecular complexity index is 613. The summed E-state index contributed by atoms with van der Waals surface area (Å²) in [5.74, 6) is 0.0762. The summed E-state index contributed by atoms with van der Waals surface area (Å²) in [4.78, 5) is 4.79. The minimum atomic E-state index is -4.64. The van der Waals surface area contributed by atoms with E-state index in [2.05, 4.69) is 4.85 Å². The molecule has 1 aliphatic heterocycles. The van der Waals surface area contributed by atoms with E-state index in [1.54, 1.807) is 11.0 Å².